The van der Waals surface area contributed by atoms with E-state index in [2.05, 4.69) is 0 Å². The maximum absolute atomic E-state index is 0. The minimum atomic E-state index is 0. The van der Waals surface area contributed by atoms with Crippen molar-refractivity contribution in [1.82, 2.24) is 0 Å². The molecule has 0 unspecified atom stereocenters. The number of hydrogen-bond donors (Lipinski definition) is 0. The smallest absolute Gasteiger partial charge is 1.00 e. The molecule has 0 nitrogen and oxygen atoms in total. The van der Waals surface area contributed by atoms with Crippen molar-refractivity contribution in [3.8, 4) is 0 Å². The molecule has 0 aromatic rings. The molecule has 0 rings (SSSR count). The van der Waals surface area contributed by atoms with Crippen LogP contribution in [0.4, 0.5) is 0 Å². The van der Waals surface area contributed by atoms with Crippen LogP contribution in [0.15, 0.2) is 0 Å². The number of rotatable bonds is 0. The Kier molecular flexibility index (Phi) is 219. The summed E-state index contributed by atoms with van der Waals surface area (Å²) >= 11 is 0. The third-order valence-electron chi connectivity index (χ3n) is 0. The Morgan fingerprint density at radius 2 is 1.20 bits per heavy atom. The van der Waals surface area contributed by atoms with Gasteiger partial charge in [-0.25, -0.2) is 0 Å². The molecule has 0 atom stereocenters. The topological polar surface area (TPSA) is 0 Å². The second kappa shape index (κ2) is 26.8. The monoisotopic (exact) mass is 289 g/mol. The van der Waals surface area contributed by atoms with Crippen molar-refractivity contribution in [1.29, 1.82) is 0 Å². The minimum absolute atomic E-state index is 0. The van der Waals surface area contributed by atoms with Crippen LogP contribution in [0.1, 0.15) is 2.85 Å². The molecule has 0 saturated heterocycles. The molecule has 0 spiro atoms. The van der Waals surface area contributed by atoms with Gasteiger partial charge in [0.2, 0.25) is 0 Å². The molecule has 0 amide bonds. The van der Waals surface area contributed by atoms with E-state index >= 15 is 0 Å². The molecular weight excluding hydrogens is 283 g/mol. The van der Waals surface area contributed by atoms with E-state index < -0.39 is 0 Å². The van der Waals surface area contributed by atoms with E-state index in [1.54, 1.807) is 0 Å². The summed E-state index contributed by atoms with van der Waals surface area (Å²) in [7, 11) is 0. The fourth-order valence-corrected chi connectivity index (χ4v) is 0. The maximum atomic E-state index is 0. The Bertz CT molecular complexity index is 17.7. The molecule has 0 aliphatic rings. The van der Waals surface area contributed by atoms with E-state index in [9.17, 15) is 0 Å². The van der Waals surface area contributed by atoms with Crippen LogP contribution >= 0.6 is 0 Å². The van der Waals surface area contributed by atoms with Gasteiger partial charge in [0, 0.05) is 61.4 Å². The predicted octanol–water partition coefficient (Wildman–Crippen LogP) is -1.35. The molecule has 0 fully saturated rings. The van der Waals surface area contributed by atoms with Crippen LogP contribution in [-0.2, 0) is 61.4 Å². The fraction of sp³-hybridized carbons (Fsp3) is 0. The van der Waals surface area contributed by atoms with Crippen LogP contribution in [0, 0.1) is 0 Å². The van der Waals surface area contributed by atoms with Gasteiger partial charge in [-0.1, -0.05) is 0 Å². The van der Waals surface area contributed by atoms with Crippen LogP contribution < -0.4 is 0 Å². The van der Waals surface area contributed by atoms with Crippen molar-refractivity contribution in [3.63, 3.8) is 0 Å². The Hall–Kier alpha value is 3.26. The molecule has 0 aromatic carbocycles. The van der Waals surface area contributed by atoms with Gasteiger partial charge < -0.3 is 2.85 Å². The third kappa shape index (κ3) is 18.9. The summed E-state index contributed by atoms with van der Waals surface area (Å²) in [5.41, 5.74) is 0. The van der Waals surface area contributed by atoms with Gasteiger partial charge >= 0.3 is 23.1 Å². The van der Waals surface area contributed by atoms with Gasteiger partial charge in [0.1, 0.15) is 0 Å². The molecule has 0 saturated carbocycles. The van der Waals surface area contributed by atoms with Gasteiger partial charge in [-0.05, 0) is 0 Å². The average Bonchev–Trinajstić information content (AvgIpc) is 0. The second-order valence-corrected chi connectivity index (χ2v) is 0. The molecule has 31 valence electrons. The van der Waals surface area contributed by atoms with Gasteiger partial charge in [0.15, 0.2) is 17.4 Å². The van der Waals surface area contributed by atoms with Crippen LogP contribution in [0.5, 0.6) is 0 Å². The largest absolute Gasteiger partial charge is 2.00 e. The fourth-order valence-electron chi connectivity index (χ4n) is 0. The van der Waals surface area contributed by atoms with E-state index in [-0.39, 0.29) is 105 Å². The van der Waals surface area contributed by atoms with Crippen molar-refractivity contribution in [2.24, 2.45) is 0 Å². The zero-order valence-electron chi connectivity index (χ0n) is 4.07. The zero-order valence-corrected chi connectivity index (χ0v) is 9.57. The van der Waals surface area contributed by atoms with E-state index in [1.807, 2.05) is 0 Å². The van der Waals surface area contributed by atoms with Crippen LogP contribution in [-0.4, -0.2) is 40.4 Å². The predicted molar refractivity (Wildman–Crippen MR) is 17.9 cm³/mol. The van der Waals surface area contributed by atoms with Crippen molar-refractivity contribution in [3.05, 3.63) is 0 Å². The quantitative estimate of drug-likeness (QED) is 0.484. The normalized spacial score (nSPS) is 0. The molecule has 1 radical (unpaired) electrons. The Morgan fingerprint density at radius 3 is 1.20 bits per heavy atom. The van der Waals surface area contributed by atoms with Crippen molar-refractivity contribution < 1.29 is 64.3 Å². The molecule has 5 heavy (non-hydrogen) atoms. The molecule has 0 N–H and O–H groups in total. The average molecular weight is 288 g/mol. The summed E-state index contributed by atoms with van der Waals surface area (Å²) in [5, 5.41) is 0. The van der Waals surface area contributed by atoms with Crippen molar-refractivity contribution in [2.45, 2.75) is 0 Å². The summed E-state index contributed by atoms with van der Waals surface area (Å²) in [4.78, 5) is 0. The van der Waals surface area contributed by atoms with Gasteiger partial charge in [-0.2, -0.15) is 0 Å². The molecule has 0 heterocycles. The Balaban J connectivity index is 0. The Morgan fingerprint density at radius 1 is 1.20 bits per heavy atom. The summed E-state index contributed by atoms with van der Waals surface area (Å²) < 4.78 is 0. The molecule has 0 aliphatic carbocycles. The summed E-state index contributed by atoms with van der Waals surface area (Å²) in [6.07, 6.45) is 0. The second-order valence-electron chi connectivity index (χ2n) is 0. The van der Waals surface area contributed by atoms with Gasteiger partial charge in [-0.3, -0.25) is 0 Å². The Labute approximate surface area is 103 Å². The van der Waals surface area contributed by atoms with E-state index in [0.29, 0.717) is 0 Å². The molecule has 0 aromatic heterocycles. The molecule has 0 bridgehead atoms. The van der Waals surface area contributed by atoms with E-state index in [0.717, 1.165) is 0 Å². The first-order valence-corrected chi connectivity index (χ1v) is 0. The van der Waals surface area contributed by atoms with E-state index in [1.165, 1.54) is 0 Å². The van der Waals surface area contributed by atoms with Gasteiger partial charge in [-0.15, -0.1) is 0 Å². The van der Waals surface area contributed by atoms with Crippen LogP contribution in [0.2, 0.25) is 0 Å². The zero-order chi connectivity index (χ0) is 0. The maximum Gasteiger partial charge on any atom is 2.00 e. The van der Waals surface area contributed by atoms with Crippen LogP contribution in [0.25, 0.3) is 0 Å². The molecule has 0 aliphatic heterocycles. The first kappa shape index (κ1) is 41.0. The number of hydrogen-bond acceptors (Lipinski definition) is 0. The first-order chi connectivity index (χ1) is 0. The van der Waals surface area contributed by atoms with Crippen molar-refractivity contribution >= 4 is 40.4 Å². The molecule has 5 heteroatoms. The summed E-state index contributed by atoms with van der Waals surface area (Å²) in [6.45, 7) is 0. The third-order valence-corrected chi connectivity index (χ3v) is 0. The SMILES string of the molecule is [AlH3].[Cd].[Cu].[Fe].[H-].[H-].[Mg+2]. The first-order valence-electron chi connectivity index (χ1n) is 0. The van der Waals surface area contributed by atoms with Crippen LogP contribution in [0.3, 0.4) is 0 Å². The molecular formula is H5AlCdCuFeMg. The summed E-state index contributed by atoms with van der Waals surface area (Å²) in [6, 6.07) is 0. The minimum Gasteiger partial charge on any atom is -1.00 e. The summed E-state index contributed by atoms with van der Waals surface area (Å²) in [5.74, 6) is 0. The van der Waals surface area contributed by atoms with Crippen molar-refractivity contribution in [2.75, 3.05) is 0 Å². The van der Waals surface area contributed by atoms with E-state index in [4.69, 9.17) is 0 Å². The van der Waals surface area contributed by atoms with Gasteiger partial charge in [0.05, 0.1) is 0 Å². The standard InChI is InChI=1S/Al.Cd.Cu.Fe.Mg.5H/q;;;;+2;;;;2*-1. The van der Waals surface area contributed by atoms with Gasteiger partial charge in [0.25, 0.3) is 0 Å².